The van der Waals surface area contributed by atoms with Crippen LogP contribution in [0.5, 0.6) is 0 Å². The van der Waals surface area contributed by atoms with Gasteiger partial charge < -0.3 is 0 Å². The molecule has 0 bridgehead atoms. The lowest BCUT2D eigenvalue weighted by Crippen LogP contribution is -2.20. The van der Waals surface area contributed by atoms with Crippen LogP contribution in [0.4, 0.5) is 0 Å². The Labute approximate surface area is 72.3 Å². The molecule has 0 saturated heterocycles. The molecule has 4 nitrogen and oxygen atoms in total. The number of nitriles is 1. The normalized spacial score (nSPS) is 12.5. The Bertz CT molecular complexity index is 182. The highest BCUT2D eigenvalue weighted by atomic mass is 16.6. The van der Waals surface area contributed by atoms with Gasteiger partial charge in [0.05, 0.1) is 6.07 Å². The average Bonchev–Trinajstić information content (AvgIpc) is 2.04. The second kappa shape index (κ2) is 5.53. The summed E-state index contributed by atoms with van der Waals surface area (Å²) < 4.78 is 0. The van der Waals surface area contributed by atoms with Crippen molar-refractivity contribution in [2.45, 2.75) is 26.7 Å². The van der Waals surface area contributed by atoms with E-state index >= 15 is 0 Å². The zero-order valence-corrected chi connectivity index (χ0v) is 7.49. The third kappa shape index (κ3) is 3.33. The van der Waals surface area contributed by atoms with E-state index in [1.807, 2.05) is 19.9 Å². The summed E-state index contributed by atoms with van der Waals surface area (Å²) in [5, 5.41) is 18.8. The Kier molecular flexibility index (Phi) is 5.02. The monoisotopic (exact) mass is 170 g/mol. The highest BCUT2D eigenvalue weighted by Crippen LogP contribution is 2.18. The van der Waals surface area contributed by atoms with Crippen molar-refractivity contribution in [1.29, 1.82) is 5.26 Å². The zero-order chi connectivity index (χ0) is 9.56. The third-order valence-corrected chi connectivity index (χ3v) is 2.13. The van der Waals surface area contributed by atoms with E-state index in [4.69, 9.17) is 5.26 Å². The number of nitrogens with zero attached hydrogens (tertiary/aromatic N) is 2. The molecule has 0 aromatic heterocycles. The second-order valence-electron chi connectivity index (χ2n) is 2.83. The van der Waals surface area contributed by atoms with Crippen LogP contribution in [-0.2, 0) is 0 Å². The lowest BCUT2D eigenvalue weighted by atomic mass is 9.89. The molecule has 0 aliphatic rings. The maximum absolute atomic E-state index is 10.2. The predicted octanol–water partition coefficient (Wildman–Crippen LogP) is 1.84. The molecule has 0 N–H and O–H groups in total. The van der Waals surface area contributed by atoms with Gasteiger partial charge in [0.15, 0.2) is 0 Å². The lowest BCUT2D eigenvalue weighted by Gasteiger charge is -2.14. The Morgan fingerprint density at radius 1 is 1.50 bits per heavy atom. The highest BCUT2D eigenvalue weighted by Gasteiger charge is 2.22. The summed E-state index contributed by atoms with van der Waals surface area (Å²) in [6.07, 6.45) is 1.67. The molecule has 0 radical (unpaired) electrons. The molecule has 0 saturated carbocycles. The van der Waals surface area contributed by atoms with Crippen LogP contribution < -0.4 is 0 Å². The Balaban J connectivity index is 4.13. The molecule has 12 heavy (non-hydrogen) atoms. The van der Waals surface area contributed by atoms with Crippen LogP contribution in [0.25, 0.3) is 0 Å². The van der Waals surface area contributed by atoms with Crippen molar-refractivity contribution in [3.05, 3.63) is 10.1 Å². The van der Waals surface area contributed by atoms with Gasteiger partial charge in [0, 0.05) is 4.92 Å². The molecular weight excluding hydrogens is 156 g/mol. The summed E-state index contributed by atoms with van der Waals surface area (Å²) in [6.45, 7) is 3.69. The van der Waals surface area contributed by atoms with Gasteiger partial charge in [-0.1, -0.05) is 26.7 Å². The third-order valence-electron chi connectivity index (χ3n) is 2.13. The van der Waals surface area contributed by atoms with E-state index in [-0.39, 0.29) is 12.5 Å². The Hall–Kier alpha value is -1.11. The number of nitro groups is 1. The van der Waals surface area contributed by atoms with Gasteiger partial charge in [-0.25, -0.2) is 0 Å². The molecule has 0 rings (SSSR count). The molecule has 0 spiro atoms. The van der Waals surface area contributed by atoms with E-state index < -0.39 is 10.8 Å². The Morgan fingerprint density at radius 2 is 2.00 bits per heavy atom. The SMILES string of the molecule is CCC(CC)[C@@H](C#N)C[N+](=O)[O-]. The first kappa shape index (κ1) is 10.9. The zero-order valence-electron chi connectivity index (χ0n) is 7.49. The lowest BCUT2D eigenvalue weighted by molar-refractivity contribution is -0.487. The van der Waals surface area contributed by atoms with Crippen molar-refractivity contribution in [2.24, 2.45) is 11.8 Å². The molecule has 4 heteroatoms. The predicted molar refractivity (Wildman–Crippen MR) is 45.0 cm³/mol. The maximum Gasteiger partial charge on any atom is 0.219 e. The fourth-order valence-electron chi connectivity index (χ4n) is 1.31. The minimum atomic E-state index is -0.421. The van der Waals surface area contributed by atoms with Crippen LogP contribution in [0, 0.1) is 33.3 Å². The van der Waals surface area contributed by atoms with Crippen molar-refractivity contribution >= 4 is 0 Å². The smallest absolute Gasteiger partial charge is 0.219 e. The topological polar surface area (TPSA) is 66.9 Å². The second-order valence-corrected chi connectivity index (χ2v) is 2.83. The summed E-state index contributed by atoms with van der Waals surface area (Å²) in [5.41, 5.74) is 0. The van der Waals surface area contributed by atoms with Crippen LogP contribution in [0.3, 0.4) is 0 Å². The highest BCUT2D eigenvalue weighted by molar-refractivity contribution is 4.86. The Morgan fingerprint density at radius 3 is 2.25 bits per heavy atom. The largest absolute Gasteiger partial charge is 0.264 e. The molecule has 0 aromatic carbocycles. The maximum atomic E-state index is 10.2. The van der Waals surface area contributed by atoms with Crippen LogP contribution in [0.15, 0.2) is 0 Å². The van der Waals surface area contributed by atoms with Crippen LogP contribution in [0.2, 0.25) is 0 Å². The van der Waals surface area contributed by atoms with Crippen molar-refractivity contribution in [3.63, 3.8) is 0 Å². The van der Waals surface area contributed by atoms with Gasteiger partial charge in [0.1, 0.15) is 5.92 Å². The van der Waals surface area contributed by atoms with E-state index in [9.17, 15) is 10.1 Å². The molecule has 0 aliphatic heterocycles. The summed E-state index contributed by atoms with van der Waals surface area (Å²) in [6, 6.07) is 1.99. The van der Waals surface area contributed by atoms with Crippen molar-refractivity contribution in [3.8, 4) is 6.07 Å². The van der Waals surface area contributed by atoms with Gasteiger partial charge in [0.2, 0.25) is 6.54 Å². The van der Waals surface area contributed by atoms with Gasteiger partial charge >= 0.3 is 0 Å². The van der Waals surface area contributed by atoms with Crippen molar-refractivity contribution in [2.75, 3.05) is 6.54 Å². The fraction of sp³-hybridized carbons (Fsp3) is 0.875. The van der Waals surface area contributed by atoms with Gasteiger partial charge in [-0.3, -0.25) is 10.1 Å². The van der Waals surface area contributed by atoms with E-state index in [1.165, 1.54) is 0 Å². The van der Waals surface area contributed by atoms with Crippen molar-refractivity contribution in [1.82, 2.24) is 0 Å². The minimum Gasteiger partial charge on any atom is -0.264 e. The van der Waals surface area contributed by atoms with Crippen LogP contribution in [-0.4, -0.2) is 11.5 Å². The standard InChI is InChI=1S/C8H14N2O2/c1-3-7(4-2)8(5-9)6-10(11)12/h7-8H,3-4,6H2,1-2H3/t8-/m0/s1. The average molecular weight is 170 g/mol. The van der Waals surface area contributed by atoms with E-state index in [0.717, 1.165) is 12.8 Å². The molecular formula is C8H14N2O2. The molecule has 0 amide bonds. The van der Waals surface area contributed by atoms with Gasteiger partial charge in [-0.2, -0.15) is 5.26 Å². The molecule has 0 unspecified atom stereocenters. The number of rotatable bonds is 5. The van der Waals surface area contributed by atoms with Crippen LogP contribution in [0.1, 0.15) is 26.7 Å². The fourth-order valence-corrected chi connectivity index (χ4v) is 1.31. The van der Waals surface area contributed by atoms with Crippen LogP contribution >= 0.6 is 0 Å². The quantitative estimate of drug-likeness (QED) is 0.467. The minimum absolute atomic E-state index is 0.167. The summed E-state index contributed by atoms with van der Waals surface area (Å²) in [4.78, 5) is 9.75. The molecule has 0 heterocycles. The first-order chi connectivity index (χ1) is 5.65. The van der Waals surface area contributed by atoms with Gasteiger partial charge in [-0.05, 0) is 5.92 Å². The summed E-state index contributed by atoms with van der Waals surface area (Å²) in [7, 11) is 0. The molecule has 0 fully saturated rings. The van der Waals surface area contributed by atoms with E-state index in [0.29, 0.717) is 0 Å². The molecule has 0 aromatic rings. The number of hydrogen-bond donors (Lipinski definition) is 0. The van der Waals surface area contributed by atoms with Gasteiger partial charge in [-0.15, -0.1) is 0 Å². The summed E-state index contributed by atoms with van der Waals surface area (Å²) >= 11 is 0. The molecule has 0 aliphatic carbocycles. The molecule has 1 atom stereocenters. The number of hydrogen-bond acceptors (Lipinski definition) is 3. The van der Waals surface area contributed by atoms with E-state index in [1.54, 1.807) is 0 Å². The molecule has 68 valence electrons. The summed E-state index contributed by atoms with van der Waals surface area (Å²) in [5.74, 6) is -0.254. The van der Waals surface area contributed by atoms with Crippen molar-refractivity contribution < 1.29 is 4.92 Å². The first-order valence-electron chi connectivity index (χ1n) is 4.17. The first-order valence-corrected chi connectivity index (χ1v) is 4.17. The van der Waals surface area contributed by atoms with Gasteiger partial charge in [0.25, 0.3) is 0 Å². The van der Waals surface area contributed by atoms with E-state index in [2.05, 4.69) is 0 Å².